The van der Waals surface area contributed by atoms with Gasteiger partial charge in [0.15, 0.2) is 5.58 Å². The number of anilines is 1. The van der Waals surface area contributed by atoms with E-state index in [1.807, 2.05) is 0 Å². The number of para-hydroxylation sites is 2. The van der Waals surface area contributed by atoms with E-state index < -0.39 is 23.2 Å². The van der Waals surface area contributed by atoms with Crippen molar-refractivity contribution in [1.29, 1.82) is 0 Å². The molecule has 0 saturated carbocycles. The first-order chi connectivity index (χ1) is 10.1. The molecule has 0 radical (unpaired) electrons. The average molecular weight is 288 g/mol. The number of hydrogen-bond donors (Lipinski definition) is 1. The Balaban J connectivity index is 1.81. The van der Waals surface area contributed by atoms with Gasteiger partial charge in [0.1, 0.15) is 23.0 Å². The highest BCUT2D eigenvalue weighted by atomic mass is 19.1. The van der Waals surface area contributed by atoms with Gasteiger partial charge in [0.05, 0.1) is 6.42 Å². The summed E-state index contributed by atoms with van der Waals surface area (Å²) in [6, 6.07) is 10.4. The zero-order valence-electron chi connectivity index (χ0n) is 10.8. The van der Waals surface area contributed by atoms with E-state index in [-0.39, 0.29) is 6.42 Å². The molecule has 0 aliphatic heterocycles. The summed E-state index contributed by atoms with van der Waals surface area (Å²) in [5.74, 6) is -2.22. The molecule has 4 nitrogen and oxygen atoms in total. The molecular weight excluding hydrogens is 278 g/mol. The Morgan fingerprint density at radius 1 is 1.10 bits per heavy atom. The molecule has 0 saturated heterocycles. The molecule has 0 aliphatic rings. The minimum atomic E-state index is -0.826. The van der Waals surface area contributed by atoms with Crippen molar-refractivity contribution < 1.29 is 18.1 Å². The van der Waals surface area contributed by atoms with E-state index in [4.69, 9.17) is 4.52 Å². The van der Waals surface area contributed by atoms with Gasteiger partial charge in [-0.05, 0) is 24.3 Å². The normalized spacial score (nSPS) is 10.8. The number of aromatic nitrogens is 1. The summed E-state index contributed by atoms with van der Waals surface area (Å²) in [7, 11) is 0. The van der Waals surface area contributed by atoms with Gasteiger partial charge in [-0.1, -0.05) is 23.4 Å². The molecule has 21 heavy (non-hydrogen) atoms. The maximum atomic E-state index is 13.5. The third-order valence-corrected chi connectivity index (χ3v) is 3.01. The molecule has 3 aromatic rings. The second kappa shape index (κ2) is 5.32. The summed E-state index contributed by atoms with van der Waals surface area (Å²) >= 11 is 0. The van der Waals surface area contributed by atoms with Crippen LogP contribution < -0.4 is 5.32 Å². The Labute approximate surface area is 118 Å². The number of nitrogens with one attached hydrogen (secondary N) is 1. The van der Waals surface area contributed by atoms with Crippen LogP contribution in [0.2, 0.25) is 0 Å². The molecule has 1 heterocycles. The lowest BCUT2D eigenvalue weighted by Gasteiger charge is -2.06. The van der Waals surface area contributed by atoms with Crippen LogP contribution >= 0.6 is 0 Å². The zero-order valence-corrected chi connectivity index (χ0v) is 10.8. The average Bonchev–Trinajstić information content (AvgIpc) is 2.87. The molecule has 0 atom stereocenters. The lowest BCUT2D eigenvalue weighted by atomic mass is 10.1. The molecule has 0 fully saturated rings. The van der Waals surface area contributed by atoms with E-state index in [2.05, 4.69) is 10.5 Å². The summed E-state index contributed by atoms with van der Waals surface area (Å²) in [5.41, 5.74) is 0.507. The molecular formula is C15H10F2N2O2. The van der Waals surface area contributed by atoms with Gasteiger partial charge in [0.2, 0.25) is 5.91 Å². The maximum absolute atomic E-state index is 13.5. The maximum Gasteiger partial charge on any atom is 0.230 e. The van der Waals surface area contributed by atoms with Gasteiger partial charge < -0.3 is 9.84 Å². The van der Waals surface area contributed by atoms with Crippen LogP contribution in [0.15, 0.2) is 47.0 Å². The summed E-state index contributed by atoms with van der Waals surface area (Å²) in [4.78, 5) is 11.9. The molecule has 0 aliphatic carbocycles. The zero-order chi connectivity index (χ0) is 14.8. The van der Waals surface area contributed by atoms with Gasteiger partial charge >= 0.3 is 0 Å². The van der Waals surface area contributed by atoms with Crippen LogP contribution in [-0.2, 0) is 11.2 Å². The van der Waals surface area contributed by atoms with Crippen LogP contribution in [0.3, 0.4) is 0 Å². The Kier molecular flexibility index (Phi) is 3.35. The van der Waals surface area contributed by atoms with Gasteiger partial charge in [-0.2, -0.15) is 0 Å². The topological polar surface area (TPSA) is 55.1 Å². The smallest absolute Gasteiger partial charge is 0.230 e. The van der Waals surface area contributed by atoms with Crippen molar-refractivity contribution in [3.05, 3.63) is 59.8 Å². The number of carbonyl (C=O) groups is 1. The highest BCUT2D eigenvalue weighted by Gasteiger charge is 2.15. The summed E-state index contributed by atoms with van der Waals surface area (Å²) in [5, 5.41) is 6.71. The van der Waals surface area contributed by atoms with E-state index in [1.54, 1.807) is 24.3 Å². The van der Waals surface area contributed by atoms with E-state index in [0.29, 0.717) is 16.7 Å². The van der Waals surface area contributed by atoms with Crippen LogP contribution in [0.4, 0.5) is 14.5 Å². The second-order valence-electron chi connectivity index (χ2n) is 4.45. The van der Waals surface area contributed by atoms with Gasteiger partial charge in [0, 0.05) is 5.39 Å². The largest absolute Gasteiger partial charge is 0.356 e. The van der Waals surface area contributed by atoms with Crippen LogP contribution in [0.5, 0.6) is 0 Å². The molecule has 1 amide bonds. The van der Waals surface area contributed by atoms with Crippen molar-refractivity contribution >= 4 is 22.6 Å². The fourth-order valence-corrected chi connectivity index (χ4v) is 2.02. The molecule has 1 aromatic heterocycles. The lowest BCUT2D eigenvalue weighted by Crippen LogP contribution is -2.16. The number of amides is 1. The number of rotatable bonds is 3. The van der Waals surface area contributed by atoms with Gasteiger partial charge in [-0.25, -0.2) is 8.78 Å². The van der Waals surface area contributed by atoms with Crippen molar-refractivity contribution in [2.75, 3.05) is 5.32 Å². The Morgan fingerprint density at radius 3 is 2.57 bits per heavy atom. The molecule has 2 aromatic carbocycles. The lowest BCUT2D eigenvalue weighted by molar-refractivity contribution is -0.115. The molecule has 106 valence electrons. The van der Waals surface area contributed by atoms with Crippen molar-refractivity contribution in [3.8, 4) is 0 Å². The Bertz CT molecular complexity index is 794. The number of carbonyl (C=O) groups excluding carboxylic acids is 1. The first-order valence-corrected chi connectivity index (χ1v) is 6.22. The van der Waals surface area contributed by atoms with Gasteiger partial charge in [-0.3, -0.25) is 4.79 Å². The number of fused-ring (bicyclic) bond motifs is 1. The molecule has 0 spiro atoms. The summed E-state index contributed by atoms with van der Waals surface area (Å²) in [6.45, 7) is 0. The van der Waals surface area contributed by atoms with E-state index in [1.165, 1.54) is 6.07 Å². The molecule has 0 bridgehead atoms. The highest BCUT2D eigenvalue weighted by Crippen LogP contribution is 2.20. The standard InChI is InChI=1S/C15H10F2N2O2/c16-10-5-3-6-11(17)15(10)18-14(20)8-12-9-4-1-2-7-13(9)21-19-12/h1-7H,8H2,(H,18,20). The number of benzene rings is 2. The summed E-state index contributed by atoms with van der Waals surface area (Å²) < 4.78 is 32.0. The Morgan fingerprint density at radius 2 is 1.81 bits per heavy atom. The van der Waals surface area contributed by atoms with Crippen molar-refractivity contribution in [1.82, 2.24) is 5.16 Å². The van der Waals surface area contributed by atoms with Crippen LogP contribution in [0, 0.1) is 11.6 Å². The monoisotopic (exact) mass is 288 g/mol. The number of halogens is 2. The fraction of sp³-hybridized carbons (Fsp3) is 0.0667. The fourth-order valence-electron chi connectivity index (χ4n) is 2.02. The predicted molar refractivity (Wildman–Crippen MR) is 72.7 cm³/mol. The third kappa shape index (κ3) is 2.60. The van der Waals surface area contributed by atoms with Crippen molar-refractivity contribution in [3.63, 3.8) is 0 Å². The number of nitrogens with zero attached hydrogens (tertiary/aromatic N) is 1. The number of hydrogen-bond acceptors (Lipinski definition) is 3. The van der Waals surface area contributed by atoms with E-state index in [9.17, 15) is 13.6 Å². The first kappa shape index (κ1) is 13.2. The SMILES string of the molecule is O=C(Cc1noc2ccccc12)Nc1c(F)cccc1F. The van der Waals surface area contributed by atoms with E-state index >= 15 is 0 Å². The Hall–Kier alpha value is -2.76. The van der Waals surface area contributed by atoms with Crippen molar-refractivity contribution in [2.24, 2.45) is 0 Å². The van der Waals surface area contributed by atoms with Crippen LogP contribution in [0.1, 0.15) is 5.69 Å². The minimum Gasteiger partial charge on any atom is -0.356 e. The predicted octanol–water partition coefficient (Wildman–Crippen LogP) is 3.29. The first-order valence-electron chi connectivity index (χ1n) is 6.22. The summed E-state index contributed by atoms with van der Waals surface area (Å²) in [6.07, 6.45) is -0.134. The highest BCUT2D eigenvalue weighted by molar-refractivity contribution is 5.94. The molecule has 1 N–H and O–H groups in total. The molecule has 3 rings (SSSR count). The molecule has 0 unspecified atom stereocenters. The van der Waals surface area contributed by atoms with Crippen LogP contribution in [0.25, 0.3) is 11.0 Å². The van der Waals surface area contributed by atoms with Gasteiger partial charge in [0.25, 0.3) is 0 Å². The van der Waals surface area contributed by atoms with Crippen LogP contribution in [-0.4, -0.2) is 11.1 Å². The quantitative estimate of drug-likeness (QED) is 0.804. The second-order valence-corrected chi connectivity index (χ2v) is 4.45. The van der Waals surface area contributed by atoms with E-state index in [0.717, 1.165) is 12.1 Å². The third-order valence-electron chi connectivity index (χ3n) is 3.01. The molecule has 6 heteroatoms. The van der Waals surface area contributed by atoms with Gasteiger partial charge in [-0.15, -0.1) is 0 Å². The van der Waals surface area contributed by atoms with Crippen molar-refractivity contribution in [2.45, 2.75) is 6.42 Å². The minimum absolute atomic E-state index is 0.134.